The molecular formula is C21H37N3O. The molecule has 4 heteroatoms. The highest BCUT2D eigenvalue weighted by molar-refractivity contribution is 5.23. The van der Waals surface area contributed by atoms with Gasteiger partial charge in [-0.15, -0.1) is 0 Å². The lowest BCUT2D eigenvalue weighted by Crippen LogP contribution is -2.33. The lowest BCUT2D eigenvalue weighted by molar-refractivity contribution is -0.117. The van der Waals surface area contributed by atoms with E-state index in [-0.39, 0.29) is 0 Å². The maximum Gasteiger partial charge on any atom is 0.0698 e. The van der Waals surface area contributed by atoms with Crippen LogP contribution in [-0.4, -0.2) is 61.7 Å². The number of hydroxylamine groups is 2. The highest BCUT2D eigenvalue weighted by atomic mass is 16.7. The normalized spacial score (nSPS) is 16.3. The third kappa shape index (κ3) is 8.32. The van der Waals surface area contributed by atoms with Gasteiger partial charge < -0.3 is 4.90 Å². The predicted octanol–water partition coefficient (Wildman–Crippen LogP) is 3.62. The van der Waals surface area contributed by atoms with Crippen molar-refractivity contribution in [3.05, 3.63) is 35.4 Å². The summed E-state index contributed by atoms with van der Waals surface area (Å²) in [6.07, 6.45) is 2.37. The molecule has 0 radical (unpaired) electrons. The summed E-state index contributed by atoms with van der Waals surface area (Å²) in [7, 11) is 4.30. The van der Waals surface area contributed by atoms with Crippen LogP contribution in [0.5, 0.6) is 0 Å². The summed E-state index contributed by atoms with van der Waals surface area (Å²) in [6, 6.07) is 9.01. The number of benzene rings is 1. The van der Waals surface area contributed by atoms with E-state index in [2.05, 4.69) is 74.0 Å². The van der Waals surface area contributed by atoms with Crippen LogP contribution in [0.1, 0.15) is 44.7 Å². The number of hydrogen-bond acceptors (Lipinski definition) is 4. The standard InChI is InChI=1S/C21H37N3O/c1-21(2,3)10-12-23(14-13-22(4)5)17-19-8-6-9-20(16-19)18-24-11-7-15-25-24/h6,8-9,16H,7,10-15,17-18H2,1-5H3. The minimum absolute atomic E-state index is 0.380. The molecule has 25 heavy (non-hydrogen) atoms. The summed E-state index contributed by atoms with van der Waals surface area (Å²) in [4.78, 5) is 10.5. The second kappa shape index (κ2) is 9.67. The molecule has 1 aliphatic heterocycles. The molecule has 0 aromatic heterocycles. The van der Waals surface area contributed by atoms with Crippen molar-refractivity contribution in [2.75, 3.05) is 46.9 Å². The minimum atomic E-state index is 0.380. The molecule has 4 nitrogen and oxygen atoms in total. The third-order valence-electron chi connectivity index (χ3n) is 4.62. The fourth-order valence-electron chi connectivity index (χ4n) is 3.02. The largest absolute Gasteiger partial charge is 0.308 e. The predicted molar refractivity (Wildman–Crippen MR) is 105 cm³/mol. The van der Waals surface area contributed by atoms with E-state index in [9.17, 15) is 0 Å². The van der Waals surface area contributed by atoms with E-state index < -0.39 is 0 Å². The minimum Gasteiger partial charge on any atom is -0.308 e. The SMILES string of the molecule is CN(C)CCN(CCC(C)(C)C)Cc1cccc(CN2CCCO2)c1. The summed E-state index contributed by atoms with van der Waals surface area (Å²) in [6.45, 7) is 14.2. The Labute approximate surface area is 154 Å². The van der Waals surface area contributed by atoms with Crippen LogP contribution in [-0.2, 0) is 17.9 Å². The van der Waals surface area contributed by atoms with Crippen LogP contribution in [0, 0.1) is 5.41 Å². The van der Waals surface area contributed by atoms with Crippen molar-refractivity contribution in [3.63, 3.8) is 0 Å². The van der Waals surface area contributed by atoms with Gasteiger partial charge in [-0.3, -0.25) is 9.74 Å². The van der Waals surface area contributed by atoms with E-state index in [0.717, 1.165) is 52.3 Å². The van der Waals surface area contributed by atoms with Gasteiger partial charge in [0.15, 0.2) is 0 Å². The fraction of sp³-hybridized carbons (Fsp3) is 0.714. The first kappa shape index (κ1) is 20.4. The molecule has 142 valence electrons. The Morgan fingerprint density at radius 2 is 1.84 bits per heavy atom. The zero-order valence-corrected chi connectivity index (χ0v) is 16.9. The number of hydrogen-bond donors (Lipinski definition) is 0. The van der Waals surface area contributed by atoms with Gasteiger partial charge in [-0.05, 0) is 50.0 Å². The molecule has 1 saturated heterocycles. The molecule has 0 atom stereocenters. The van der Waals surface area contributed by atoms with Crippen molar-refractivity contribution in [2.24, 2.45) is 5.41 Å². The highest BCUT2D eigenvalue weighted by Gasteiger charge is 2.15. The summed E-state index contributed by atoms with van der Waals surface area (Å²) in [5.41, 5.74) is 3.14. The molecule has 0 saturated carbocycles. The van der Waals surface area contributed by atoms with Crippen LogP contribution in [0.4, 0.5) is 0 Å². The van der Waals surface area contributed by atoms with Crippen LogP contribution in [0.15, 0.2) is 24.3 Å². The Morgan fingerprint density at radius 3 is 2.48 bits per heavy atom. The van der Waals surface area contributed by atoms with E-state index in [1.165, 1.54) is 17.5 Å². The molecule has 2 rings (SSSR count). The van der Waals surface area contributed by atoms with Crippen LogP contribution in [0.25, 0.3) is 0 Å². The molecule has 0 N–H and O–H groups in total. The molecule has 0 bridgehead atoms. The first-order chi connectivity index (χ1) is 11.8. The number of nitrogens with zero attached hydrogens (tertiary/aromatic N) is 3. The summed E-state index contributed by atoms with van der Waals surface area (Å²) >= 11 is 0. The van der Waals surface area contributed by atoms with E-state index in [0.29, 0.717) is 5.41 Å². The average molecular weight is 348 g/mol. The van der Waals surface area contributed by atoms with Gasteiger partial charge in [-0.25, -0.2) is 0 Å². The van der Waals surface area contributed by atoms with Gasteiger partial charge in [0.25, 0.3) is 0 Å². The Balaban J connectivity index is 1.95. The van der Waals surface area contributed by atoms with Gasteiger partial charge in [0.2, 0.25) is 0 Å². The van der Waals surface area contributed by atoms with Crippen LogP contribution in [0.3, 0.4) is 0 Å². The van der Waals surface area contributed by atoms with Gasteiger partial charge in [-0.2, -0.15) is 5.06 Å². The molecule has 1 aliphatic rings. The van der Waals surface area contributed by atoms with E-state index in [1.807, 2.05) is 0 Å². The van der Waals surface area contributed by atoms with Crippen molar-refractivity contribution in [1.82, 2.24) is 14.9 Å². The Kier molecular flexibility index (Phi) is 7.88. The van der Waals surface area contributed by atoms with Gasteiger partial charge in [0.05, 0.1) is 6.61 Å². The molecule has 0 spiro atoms. The first-order valence-electron chi connectivity index (χ1n) is 9.65. The molecule has 0 aliphatic carbocycles. The molecule has 1 aromatic rings. The molecular weight excluding hydrogens is 310 g/mol. The topological polar surface area (TPSA) is 19.0 Å². The zero-order valence-electron chi connectivity index (χ0n) is 16.9. The van der Waals surface area contributed by atoms with E-state index in [4.69, 9.17) is 4.84 Å². The third-order valence-corrected chi connectivity index (χ3v) is 4.62. The van der Waals surface area contributed by atoms with Crippen molar-refractivity contribution >= 4 is 0 Å². The summed E-state index contributed by atoms with van der Waals surface area (Å²) in [5, 5.41) is 2.09. The van der Waals surface area contributed by atoms with Crippen molar-refractivity contribution in [3.8, 4) is 0 Å². The second-order valence-corrected chi connectivity index (χ2v) is 8.76. The zero-order chi connectivity index (χ0) is 18.3. The Bertz CT molecular complexity index is 504. The van der Waals surface area contributed by atoms with Crippen molar-refractivity contribution < 1.29 is 4.84 Å². The molecule has 1 fully saturated rings. The number of rotatable bonds is 9. The van der Waals surface area contributed by atoms with Crippen LogP contribution >= 0.6 is 0 Å². The Hall–Kier alpha value is -0.940. The molecule has 0 unspecified atom stereocenters. The highest BCUT2D eigenvalue weighted by Crippen LogP contribution is 2.20. The van der Waals surface area contributed by atoms with Gasteiger partial charge in [-0.1, -0.05) is 45.0 Å². The average Bonchev–Trinajstić information content (AvgIpc) is 3.02. The van der Waals surface area contributed by atoms with Crippen LogP contribution < -0.4 is 0 Å². The summed E-state index contributed by atoms with van der Waals surface area (Å²) < 4.78 is 0. The monoisotopic (exact) mass is 347 g/mol. The van der Waals surface area contributed by atoms with Crippen molar-refractivity contribution in [1.29, 1.82) is 0 Å². The smallest absolute Gasteiger partial charge is 0.0698 e. The molecule has 1 heterocycles. The quantitative estimate of drug-likeness (QED) is 0.679. The maximum absolute atomic E-state index is 5.64. The molecule has 1 aromatic carbocycles. The van der Waals surface area contributed by atoms with E-state index >= 15 is 0 Å². The first-order valence-corrected chi connectivity index (χ1v) is 9.65. The summed E-state index contributed by atoms with van der Waals surface area (Å²) in [5.74, 6) is 0. The lowest BCUT2D eigenvalue weighted by atomic mass is 9.92. The maximum atomic E-state index is 5.64. The number of likely N-dealkylation sites (N-methyl/N-ethyl adjacent to an activating group) is 1. The van der Waals surface area contributed by atoms with Crippen molar-refractivity contribution in [2.45, 2.75) is 46.7 Å². The fourth-order valence-corrected chi connectivity index (χ4v) is 3.02. The van der Waals surface area contributed by atoms with Gasteiger partial charge >= 0.3 is 0 Å². The molecule has 0 amide bonds. The van der Waals surface area contributed by atoms with E-state index in [1.54, 1.807) is 0 Å². The lowest BCUT2D eigenvalue weighted by Gasteiger charge is -2.28. The van der Waals surface area contributed by atoms with Gasteiger partial charge in [0.1, 0.15) is 0 Å². The Morgan fingerprint density at radius 1 is 1.08 bits per heavy atom. The van der Waals surface area contributed by atoms with Gasteiger partial charge in [0, 0.05) is 32.7 Å². The van der Waals surface area contributed by atoms with Crippen LogP contribution in [0.2, 0.25) is 0 Å². The second-order valence-electron chi connectivity index (χ2n) is 8.76.